The van der Waals surface area contributed by atoms with Gasteiger partial charge in [-0.05, 0) is 53.1 Å². The zero-order valence-electron chi connectivity index (χ0n) is 15.3. The normalized spacial score (nSPS) is 18.6. The number of rotatable bonds is 6. The van der Waals surface area contributed by atoms with Gasteiger partial charge in [0.15, 0.2) is 0 Å². The molecule has 0 radical (unpaired) electrons. The molecule has 1 amide bonds. The van der Waals surface area contributed by atoms with Crippen molar-refractivity contribution in [3.63, 3.8) is 0 Å². The van der Waals surface area contributed by atoms with E-state index < -0.39 is 5.60 Å². The highest BCUT2D eigenvalue weighted by Gasteiger charge is 2.25. The standard InChI is InChI=1S/C17H35N3O2/c1-14(2)15(3)18-8-7-9-19-10-12-20(13-11-19)16(21)22-17(4,5)6/h14-15,18H,7-13H2,1-6H3. The van der Waals surface area contributed by atoms with Crippen molar-refractivity contribution in [3.8, 4) is 0 Å². The van der Waals surface area contributed by atoms with Gasteiger partial charge in [-0.1, -0.05) is 13.8 Å². The third kappa shape index (κ3) is 7.45. The van der Waals surface area contributed by atoms with E-state index in [0.717, 1.165) is 45.7 Å². The molecule has 5 nitrogen and oxygen atoms in total. The minimum absolute atomic E-state index is 0.181. The quantitative estimate of drug-likeness (QED) is 0.766. The maximum atomic E-state index is 12.0. The molecule has 1 rings (SSSR count). The van der Waals surface area contributed by atoms with E-state index in [1.54, 1.807) is 0 Å². The van der Waals surface area contributed by atoms with E-state index in [0.29, 0.717) is 12.0 Å². The smallest absolute Gasteiger partial charge is 0.410 e. The molecule has 1 atom stereocenters. The van der Waals surface area contributed by atoms with Crippen molar-refractivity contribution in [1.29, 1.82) is 0 Å². The van der Waals surface area contributed by atoms with Crippen molar-refractivity contribution < 1.29 is 9.53 Å². The summed E-state index contributed by atoms with van der Waals surface area (Å²) in [6.07, 6.45) is 0.975. The molecule has 5 heteroatoms. The number of carbonyl (C=O) groups excluding carboxylic acids is 1. The first-order chi connectivity index (χ1) is 10.2. The van der Waals surface area contributed by atoms with E-state index in [1.165, 1.54) is 0 Å². The Morgan fingerprint density at radius 1 is 1.14 bits per heavy atom. The summed E-state index contributed by atoms with van der Waals surface area (Å²) in [7, 11) is 0. The lowest BCUT2D eigenvalue weighted by molar-refractivity contribution is 0.0144. The lowest BCUT2D eigenvalue weighted by atomic mass is 10.1. The number of carbonyl (C=O) groups is 1. The summed E-state index contributed by atoms with van der Waals surface area (Å²) in [5.41, 5.74) is -0.410. The Labute approximate surface area is 136 Å². The van der Waals surface area contributed by atoms with Gasteiger partial charge in [-0.15, -0.1) is 0 Å². The van der Waals surface area contributed by atoms with Gasteiger partial charge >= 0.3 is 6.09 Å². The van der Waals surface area contributed by atoms with Crippen molar-refractivity contribution in [2.75, 3.05) is 39.3 Å². The molecule has 1 aliphatic heterocycles. The molecule has 0 aliphatic carbocycles. The Hall–Kier alpha value is -0.810. The van der Waals surface area contributed by atoms with Gasteiger partial charge in [-0.2, -0.15) is 0 Å². The molecule has 0 aromatic carbocycles. The number of ether oxygens (including phenoxy) is 1. The third-order valence-electron chi connectivity index (χ3n) is 4.14. The number of hydrogen-bond donors (Lipinski definition) is 1. The summed E-state index contributed by atoms with van der Waals surface area (Å²) < 4.78 is 5.42. The second-order valence-electron chi connectivity index (χ2n) is 7.65. The molecule has 1 N–H and O–H groups in total. The highest BCUT2D eigenvalue weighted by atomic mass is 16.6. The molecule has 0 bridgehead atoms. The van der Waals surface area contributed by atoms with Crippen LogP contribution in [-0.2, 0) is 4.74 Å². The highest BCUT2D eigenvalue weighted by molar-refractivity contribution is 5.68. The predicted molar refractivity (Wildman–Crippen MR) is 91.2 cm³/mol. The van der Waals surface area contributed by atoms with E-state index in [-0.39, 0.29) is 6.09 Å². The maximum absolute atomic E-state index is 12.0. The van der Waals surface area contributed by atoms with E-state index >= 15 is 0 Å². The minimum atomic E-state index is -0.410. The topological polar surface area (TPSA) is 44.8 Å². The first-order valence-electron chi connectivity index (χ1n) is 8.62. The zero-order chi connectivity index (χ0) is 16.8. The molecule has 0 saturated carbocycles. The van der Waals surface area contributed by atoms with Gasteiger partial charge in [0.1, 0.15) is 5.60 Å². The lowest BCUT2D eigenvalue weighted by Crippen LogP contribution is -2.50. The number of amides is 1. The van der Waals surface area contributed by atoms with Gasteiger partial charge in [-0.3, -0.25) is 4.90 Å². The van der Waals surface area contributed by atoms with Crippen LogP contribution in [0.4, 0.5) is 4.79 Å². The van der Waals surface area contributed by atoms with Crippen LogP contribution in [0.25, 0.3) is 0 Å². The average molecular weight is 313 g/mol. The number of piperazine rings is 1. The van der Waals surface area contributed by atoms with Crippen LogP contribution >= 0.6 is 0 Å². The molecule has 1 aliphatic rings. The first-order valence-corrected chi connectivity index (χ1v) is 8.62. The maximum Gasteiger partial charge on any atom is 0.410 e. The van der Waals surface area contributed by atoms with Crippen molar-refractivity contribution in [2.45, 2.75) is 59.6 Å². The SMILES string of the molecule is CC(C)C(C)NCCCN1CCN(C(=O)OC(C)(C)C)CC1. The highest BCUT2D eigenvalue weighted by Crippen LogP contribution is 2.12. The molecule has 130 valence electrons. The van der Waals surface area contributed by atoms with E-state index in [9.17, 15) is 4.79 Å². The Balaban J connectivity index is 2.16. The van der Waals surface area contributed by atoms with Gasteiger partial charge in [0, 0.05) is 32.2 Å². The summed E-state index contributed by atoms with van der Waals surface area (Å²) in [6, 6.07) is 0.573. The van der Waals surface area contributed by atoms with Crippen LogP contribution in [0.2, 0.25) is 0 Å². The van der Waals surface area contributed by atoms with Gasteiger partial charge in [0.25, 0.3) is 0 Å². The fourth-order valence-corrected chi connectivity index (χ4v) is 2.35. The first kappa shape index (κ1) is 19.2. The van der Waals surface area contributed by atoms with Crippen molar-refractivity contribution in [3.05, 3.63) is 0 Å². The third-order valence-corrected chi connectivity index (χ3v) is 4.14. The van der Waals surface area contributed by atoms with Gasteiger partial charge in [0.05, 0.1) is 0 Å². The largest absolute Gasteiger partial charge is 0.444 e. The van der Waals surface area contributed by atoms with Gasteiger partial charge < -0.3 is 15.0 Å². The number of hydrogen-bond acceptors (Lipinski definition) is 4. The molecular weight excluding hydrogens is 278 g/mol. The summed E-state index contributed by atoms with van der Waals surface area (Å²) >= 11 is 0. The van der Waals surface area contributed by atoms with Crippen LogP contribution in [0.5, 0.6) is 0 Å². The summed E-state index contributed by atoms with van der Waals surface area (Å²) in [4.78, 5) is 16.2. The van der Waals surface area contributed by atoms with E-state index in [2.05, 4.69) is 31.0 Å². The molecule has 1 fully saturated rings. The van der Waals surface area contributed by atoms with Crippen LogP contribution in [0.15, 0.2) is 0 Å². The molecule has 1 saturated heterocycles. The van der Waals surface area contributed by atoms with Crippen molar-refractivity contribution in [1.82, 2.24) is 15.1 Å². The van der Waals surface area contributed by atoms with Gasteiger partial charge in [0.2, 0.25) is 0 Å². The van der Waals surface area contributed by atoms with Crippen LogP contribution in [0, 0.1) is 5.92 Å². The Bertz CT molecular complexity index is 331. The van der Waals surface area contributed by atoms with Crippen LogP contribution < -0.4 is 5.32 Å². The van der Waals surface area contributed by atoms with E-state index in [4.69, 9.17) is 4.74 Å². The minimum Gasteiger partial charge on any atom is -0.444 e. The Morgan fingerprint density at radius 2 is 1.73 bits per heavy atom. The second-order valence-corrected chi connectivity index (χ2v) is 7.65. The molecular formula is C17H35N3O2. The van der Waals surface area contributed by atoms with Gasteiger partial charge in [-0.25, -0.2) is 4.79 Å². The van der Waals surface area contributed by atoms with Crippen LogP contribution in [0.3, 0.4) is 0 Å². The fraction of sp³-hybridized carbons (Fsp3) is 0.941. The average Bonchev–Trinajstić information content (AvgIpc) is 2.42. The number of nitrogens with one attached hydrogen (secondary N) is 1. The molecule has 1 unspecified atom stereocenters. The summed E-state index contributed by atoms with van der Waals surface area (Å²) in [5, 5.41) is 3.56. The monoisotopic (exact) mass is 313 g/mol. The Morgan fingerprint density at radius 3 is 2.23 bits per heavy atom. The molecule has 0 spiro atoms. The zero-order valence-corrected chi connectivity index (χ0v) is 15.3. The molecule has 1 heterocycles. The Kier molecular flexibility index (Phi) is 7.63. The molecule has 0 aromatic heterocycles. The van der Waals surface area contributed by atoms with Crippen molar-refractivity contribution >= 4 is 6.09 Å². The summed E-state index contributed by atoms with van der Waals surface area (Å²) in [5.74, 6) is 0.678. The van der Waals surface area contributed by atoms with Crippen molar-refractivity contribution in [2.24, 2.45) is 5.92 Å². The molecule has 22 heavy (non-hydrogen) atoms. The second kappa shape index (κ2) is 8.73. The predicted octanol–water partition coefficient (Wildman–Crippen LogP) is 2.56. The van der Waals surface area contributed by atoms with Crippen LogP contribution in [0.1, 0.15) is 48.0 Å². The lowest BCUT2D eigenvalue weighted by Gasteiger charge is -2.35. The summed E-state index contributed by atoms with van der Waals surface area (Å²) in [6.45, 7) is 18.0. The fourth-order valence-electron chi connectivity index (χ4n) is 2.35. The number of nitrogens with zero attached hydrogens (tertiary/aromatic N) is 2. The van der Waals surface area contributed by atoms with E-state index in [1.807, 2.05) is 25.7 Å². The van der Waals surface area contributed by atoms with Crippen LogP contribution in [-0.4, -0.2) is 66.8 Å². The molecule has 0 aromatic rings.